The van der Waals surface area contributed by atoms with Crippen molar-refractivity contribution in [3.05, 3.63) is 64.7 Å². The first kappa shape index (κ1) is 20.4. The second-order valence-corrected chi connectivity index (χ2v) is 6.74. The number of hydrogen-bond donors (Lipinski definition) is 1. The summed E-state index contributed by atoms with van der Waals surface area (Å²) in [7, 11) is 1.58. The van der Waals surface area contributed by atoms with Gasteiger partial charge in [-0.2, -0.15) is 0 Å². The molecule has 0 aliphatic heterocycles. The molecule has 7 nitrogen and oxygen atoms in total. The highest BCUT2D eigenvalue weighted by molar-refractivity contribution is 5.79. The maximum atomic E-state index is 12.5. The number of benzene rings is 2. The normalized spacial score (nSPS) is 11.8. The lowest BCUT2D eigenvalue weighted by atomic mass is 10.1. The number of carbonyl (C=O) groups excluding carboxylic acids is 1. The molecule has 1 aromatic heterocycles. The van der Waals surface area contributed by atoms with Gasteiger partial charge in [0.2, 0.25) is 5.91 Å². The maximum absolute atomic E-state index is 12.5. The number of methoxy groups -OCH3 is 1. The van der Waals surface area contributed by atoms with Gasteiger partial charge < -0.3 is 14.8 Å². The monoisotopic (exact) mass is 395 g/mol. The summed E-state index contributed by atoms with van der Waals surface area (Å²) >= 11 is 0. The number of rotatable bonds is 8. The van der Waals surface area contributed by atoms with Crippen LogP contribution in [0.25, 0.3) is 10.9 Å². The average Bonchev–Trinajstić information content (AvgIpc) is 2.74. The molecule has 2 aromatic carbocycles. The molecule has 0 bridgehead atoms. The number of nitrogens with zero attached hydrogens (tertiary/aromatic N) is 2. The summed E-state index contributed by atoms with van der Waals surface area (Å²) in [4.78, 5) is 29.3. The highest BCUT2D eigenvalue weighted by Crippen LogP contribution is 2.30. The predicted molar refractivity (Wildman–Crippen MR) is 111 cm³/mol. The van der Waals surface area contributed by atoms with Crippen molar-refractivity contribution >= 4 is 16.8 Å². The molecule has 0 saturated carbocycles. The van der Waals surface area contributed by atoms with Gasteiger partial charge in [0.25, 0.3) is 5.56 Å². The van der Waals surface area contributed by atoms with Crippen LogP contribution in [0.1, 0.15) is 31.9 Å². The van der Waals surface area contributed by atoms with Gasteiger partial charge in [0.1, 0.15) is 6.54 Å². The summed E-state index contributed by atoms with van der Waals surface area (Å²) in [6.07, 6.45) is 2.30. The van der Waals surface area contributed by atoms with Crippen molar-refractivity contribution in [3.8, 4) is 11.5 Å². The van der Waals surface area contributed by atoms with E-state index in [2.05, 4.69) is 10.3 Å². The first-order chi connectivity index (χ1) is 14.0. The third-order valence-corrected chi connectivity index (χ3v) is 4.57. The zero-order chi connectivity index (χ0) is 20.8. The van der Waals surface area contributed by atoms with Crippen LogP contribution < -0.4 is 20.3 Å². The van der Waals surface area contributed by atoms with Gasteiger partial charge in [0.15, 0.2) is 11.5 Å². The summed E-state index contributed by atoms with van der Waals surface area (Å²) in [5.74, 6) is 1.01. The van der Waals surface area contributed by atoms with Crippen molar-refractivity contribution in [3.63, 3.8) is 0 Å². The number of fused-ring (bicyclic) bond motifs is 1. The summed E-state index contributed by atoms with van der Waals surface area (Å²) in [5, 5.41) is 3.40. The van der Waals surface area contributed by atoms with E-state index >= 15 is 0 Å². The van der Waals surface area contributed by atoms with Crippen LogP contribution in [0, 0.1) is 0 Å². The average molecular weight is 395 g/mol. The maximum Gasteiger partial charge on any atom is 0.261 e. The number of ether oxygens (including phenoxy) is 2. The summed E-state index contributed by atoms with van der Waals surface area (Å²) in [6.45, 7) is 4.42. The lowest BCUT2D eigenvalue weighted by molar-refractivity contribution is -0.122. The van der Waals surface area contributed by atoms with Gasteiger partial charge in [-0.3, -0.25) is 14.2 Å². The zero-order valence-electron chi connectivity index (χ0n) is 16.8. The molecule has 1 N–H and O–H groups in total. The Labute approximate surface area is 169 Å². The molecule has 0 spiro atoms. The Morgan fingerprint density at radius 3 is 2.76 bits per heavy atom. The van der Waals surface area contributed by atoms with Crippen LogP contribution >= 0.6 is 0 Å². The van der Waals surface area contributed by atoms with E-state index < -0.39 is 0 Å². The highest BCUT2D eigenvalue weighted by atomic mass is 16.5. The van der Waals surface area contributed by atoms with Crippen molar-refractivity contribution in [2.24, 2.45) is 0 Å². The Kier molecular flexibility index (Phi) is 6.49. The van der Waals surface area contributed by atoms with Crippen LogP contribution in [0.15, 0.2) is 53.6 Å². The van der Waals surface area contributed by atoms with E-state index in [9.17, 15) is 9.59 Å². The Morgan fingerprint density at radius 2 is 2.00 bits per heavy atom. The largest absolute Gasteiger partial charge is 0.493 e. The quantitative estimate of drug-likeness (QED) is 0.634. The van der Waals surface area contributed by atoms with Crippen molar-refractivity contribution in [2.45, 2.75) is 32.9 Å². The first-order valence-corrected chi connectivity index (χ1v) is 9.57. The first-order valence-electron chi connectivity index (χ1n) is 9.57. The number of aromatic nitrogens is 2. The number of hydrogen-bond acceptors (Lipinski definition) is 5. The third kappa shape index (κ3) is 4.74. The van der Waals surface area contributed by atoms with Gasteiger partial charge in [-0.25, -0.2) is 4.98 Å². The zero-order valence-corrected chi connectivity index (χ0v) is 16.8. The van der Waals surface area contributed by atoms with E-state index in [1.807, 2.05) is 38.1 Å². The minimum atomic E-state index is -0.276. The topological polar surface area (TPSA) is 82.5 Å². The molecular weight excluding hydrogens is 370 g/mol. The second kappa shape index (κ2) is 9.23. The van der Waals surface area contributed by atoms with Crippen molar-refractivity contribution in [1.29, 1.82) is 0 Å². The molecule has 0 aliphatic rings. The lowest BCUT2D eigenvalue weighted by Crippen LogP contribution is -2.34. The Hall–Kier alpha value is -3.35. The van der Waals surface area contributed by atoms with Crippen molar-refractivity contribution in [2.75, 3.05) is 13.7 Å². The van der Waals surface area contributed by atoms with Crippen molar-refractivity contribution in [1.82, 2.24) is 14.9 Å². The van der Waals surface area contributed by atoms with Gasteiger partial charge in [0.05, 0.1) is 37.0 Å². The fourth-order valence-electron chi connectivity index (χ4n) is 3.03. The van der Waals surface area contributed by atoms with Crippen LogP contribution in [0.4, 0.5) is 0 Å². The molecule has 1 atom stereocenters. The summed E-state index contributed by atoms with van der Waals surface area (Å²) in [6, 6.07) is 12.4. The molecule has 1 amide bonds. The highest BCUT2D eigenvalue weighted by Gasteiger charge is 2.14. The van der Waals surface area contributed by atoms with Gasteiger partial charge in [-0.05, 0) is 43.2 Å². The van der Waals surface area contributed by atoms with Gasteiger partial charge in [-0.15, -0.1) is 0 Å². The molecule has 29 heavy (non-hydrogen) atoms. The lowest BCUT2D eigenvalue weighted by Gasteiger charge is -2.17. The van der Waals surface area contributed by atoms with Gasteiger partial charge >= 0.3 is 0 Å². The molecule has 0 radical (unpaired) electrons. The van der Waals surface area contributed by atoms with Crippen LogP contribution in [0.3, 0.4) is 0 Å². The van der Waals surface area contributed by atoms with Crippen LogP contribution in [-0.2, 0) is 11.3 Å². The SMILES string of the molecule is CCCOc1ccc(C(C)NC(=O)Cn2cnc3ccccc3c2=O)cc1OC. The Morgan fingerprint density at radius 1 is 1.21 bits per heavy atom. The Bertz CT molecular complexity index is 1060. The number of para-hydroxylation sites is 1. The number of carbonyl (C=O) groups is 1. The standard InChI is InChI=1S/C22H25N3O4/c1-4-11-29-19-10-9-16(12-20(19)28-3)15(2)24-21(26)13-25-14-23-18-8-6-5-7-17(18)22(25)27/h5-10,12,14-15H,4,11,13H2,1-3H3,(H,24,26). The molecule has 0 saturated heterocycles. The number of amides is 1. The Balaban J connectivity index is 1.71. The van der Waals surface area contributed by atoms with E-state index in [1.54, 1.807) is 25.3 Å². The summed E-state index contributed by atoms with van der Waals surface area (Å²) < 4.78 is 12.4. The van der Waals surface area contributed by atoms with Crippen LogP contribution in [-0.4, -0.2) is 29.2 Å². The molecule has 3 rings (SSSR count). The second-order valence-electron chi connectivity index (χ2n) is 6.74. The molecule has 152 valence electrons. The predicted octanol–water partition coefficient (Wildman–Crippen LogP) is 3.07. The molecular formula is C22H25N3O4. The fourth-order valence-corrected chi connectivity index (χ4v) is 3.03. The minimum Gasteiger partial charge on any atom is -0.493 e. The van der Waals surface area contributed by atoms with E-state index in [4.69, 9.17) is 9.47 Å². The van der Waals surface area contributed by atoms with E-state index in [-0.39, 0.29) is 24.1 Å². The molecule has 3 aromatic rings. The number of nitrogens with one attached hydrogen (secondary N) is 1. The fraction of sp³-hybridized carbons (Fsp3) is 0.318. The van der Waals surface area contributed by atoms with E-state index in [0.29, 0.717) is 29.0 Å². The molecule has 1 unspecified atom stereocenters. The van der Waals surface area contributed by atoms with E-state index in [1.165, 1.54) is 10.9 Å². The molecule has 0 aliphatic carbocycles. The molecule has 7 heteroatoms. The van der Waals surface area contributed by atoms with Crippen molar-refractivity contribution < 1.29 is 14.3 Å². The molecule has 1 heterocycles. The van der Waals surface area contributed by atoms with Crippen LogP contribution in [0.2, 0.25) is 0 Å². The van der Waals surface area contributed by atoms with Crippen LogP contribution in [0.5, 0.6) is 11.5 Å². The minimum absolute atomic E-state index is 0.101. The molecule has 0 fully saturated rings. The third-order valence-electron chi connectivity index (χ3n) is 4.57. The smallest absolute Gasteiger partial charge is 0.261 e. The summed E-state index contributed by atoms with van der Waals surface area (Å²) in [5.41, 5.74) is 1.25. The van der Waals surface area contributed by atoms with Gasteiger partial charge in [0, 0.05) is 0 Å². The van der Waals surface area contributed by atoms with E-state index in [0.717, 1.165) is 12.0 Å². The van der Waals surface area contributed by atoms with Gasteiger partial charge in [-0.1, -0.05) is 25.1 Å².